The summed E-state index contributed by atoms with van der Waals surface area (Å²) in [6.07, 6.45) is 0. The molecule has 0 saturated carbocycles. The molecule has 0 aromatic heterocycles. The van der Waals surface area contributed by atoms with Crippen LogP contribution in [0, 0.1) is 13.7 Å². The van der Waals surface area contributed by atoms with Gasteiger partial charge in [-0.15, -0.1) is 0 Å². The van der Waals surface area contributed by atoms with Crippen molar-refractivity contribution < 1.29 is 4.92 Å². The summed E-state index contributed by atoms with van der Waals surface area (Å²) in [5.41, 5.74) is 1.89. The van der Waals surface area contributed by atoms with Gasteiger partial charge in [0.05, 0.1) is 4.92 Å². The van der Waals surface area contributed by atoms with Crippen molar-refractivity contribution in [2.24, 2.45) is 0 Å². The quantitative estimate of drug-likeness (QED) is 0.523. The van der Waals surface area contributed by atoms with Gasteiger partial charge in [0, 0.05) is 27.1 Å². The van der Waals surface area contributed by atoms with Crippen LogP contribution in [0.3, 0.4) is 0 Å². The number of nitrogens with one attached hydrogen (secondary N) is 1. The zero-order chi connectivity index (χ0) is 12.3. The highest BCUT2D eigenvalue weighted by Gasteiger charge is 2.03. The fraction of sp³-hybridized carbons (Fsp3) is 0. The molecule has 0 aliphatic heterocycles. The lowest BCUT2D eigenvalue weighted by Crippen LogP contribution is -1.92. The molecule has 0 bridgehead atoms. The fourth-order valence-electron chi connectivity index (χ4n) is 1.40. The highest BCUT2D eigenvalue weighted by atomic mass is 127. The second-order valence-electron chi connectivity index (χ2n) is 3.44. The number of nitro groups is 1. The van der Waals surface area contributed by atoms with E-state index in [0.717, 1.165) is 14.9 Å². The molecule has 1 N–H and O–H groups in total. The largest absolute Gasteiger partial charge is 0.355 e. The number of nitro benzene ring substituents is 1. The Bertz CT molecular complexity index is 540. The number of rotatable bonds is 3. The number of nitrogens with zero attached hydrogens (tertiary/aromatic N) is 1. The third-order valence-corrected chi connectivity index (χ3v) is 2.86. The van der Waals surface area contributed by atoms with E-state index < -0.39 is 4.92 Å². The molecule has 0 unspecified atom stereocenters. The summed E-state index contributed by atoms with van der Waals surface area (Å²) < 4.78 is 1.13. The van der Waals surface area contributed by atoms with Crippen molar-refractivity contribution >= 4 is 39.7 Å². The molecule has 2 aromatic carbocycles. The van der Waals surface area contributed by atoms with E-state index >= 15 is 0 Å². The lowest BCUT2D eigenvalue weighted by molar-refractivity contribution is -0.384. The van der Waals surface area contributed by atoms with Crippen LogP contribution in [0.25, 0.3) is 0 Å². The number of hydrogen-bond acceptors (Lipinski definition) is 3. The van der Waals surface area contributed by atoms with Gasteiger partial charge in [0.1, 0.15) is 0 Å². The molecule has 5 heteroatoms. The van der Waals surface area contributed by atoms with E-state index in [2.05, 4.69) is 27.9 Å². The molecule has 2 rings (SSSR count). The Hall–Kier alpha value is -1.63. The molecule has 86 valence electrons. The first-order valence-corrected chi connectivity index (χ1v) is 6.00. The molecule has 0 amide bonds. The maximum atomic E-state index is 10.5. The van der Waals surface area contributed by atoms with Crippen molar-refractivity contribution in [3.05, 3.63) is 62.2 Å². The topological polar surface area (TPSA) is 55.2 Å². The van der Waals surface area contributed by atoms with Crippen molar-refractivity contribution in [2.75, 3.05) is 5.32 Å². The average molecular weight is 340 g/mol. The number of halogens is 1. The van der Waals surface area contributed by atoms with Crippen LogP contribution in [0.5, 0.6) is 0 Å². The van der Waals surface area contributed by atoms with Crippen molar-refractivity contribution in [3.8, 4) is 0 Å². The molecule has 0 fully saturated rings. The first-order chi connectivity index (χ1) is 8.15. The molecule has 0 spiro atoms. The van der Waals surface area contributed by atoms with Gasteiger partial charge >= 0.3 is 0 Å². The zero-order valence-corrected chi connectivity index (χ0v) is 10.9. The van der Waals surface area contributed by atoms with Gasteiger partial charge in [-0.1, -0.05) is 6.07 Å². The van der Waals surface area contributed by atoms with Crippen LogP contribution >= 0.6 is 22.6 Å². The minimum Gasteiger partial charge on any atom is -0.355 e. The molecule has 17 heavy (non-hydrogen) atoms. The van der Waals surface area contributed by atoms with Crippen LogP contribution < -0.4 is 5.32 Å². The summed E-state index contributed by atoms with van der Waals surface area (Å²) in [5.74, 6) is 0. The lowest BCUT2D eigenvalue weighted by Gasteiger charge is -2.06. The maximum Gasteiger partial charge on any atom is 0.269 e. The molecule has 0 radical (unpaired) electrons. The van der Waals surface area contributed by atoms with Gasteiger partial charge in [-0.2, -0.15) is 0 Å². The summed E-state index contributed by atoms with van der Waals surface area (Å²) in [7, 11) is 0. The number of anilines is 2. The van der Waals surface area contributed by atoms with Crippen molar-refractivity contribution in [1.29, 1.82) is 0 Å². The highest BCUT2D eigenvalue weighted by molar-refractivity contribution is 14.1. The average Bonchev–Trinajstić information content (AvgIpc) is 2.29. The zero-order valence-electron chi connectivity index (χ0n) is 8.76. The Morgan fingerprint density at radius 3 is 2.35 bits per heavy atom. The molecule has 0 saturated heterocycles. The summed E-state index contributed by atoms with van der Waals surface area (Å²) in [5, 5.41) is 13.7. The normalized spacial score (nSPS) is 9.94. The van der Waals surface area contributed by atoms with Gasteiger partial charge in [0.15, 0.2) is 0 Å². The van der Waals surface area contributed by atoms with Gasteiger partial charge in [-0.3, -0.25) is 10.1 Å². The Labute approximate surface area is 112 Å². The molecule has 0 aliphatic carbocycles. The first kappa shape index (κ1) is 11.8. The molecular weight excluding hydrogens is 331 g/mol. The van der Waals surface area contributed by atoms with Gasteiger partial charge in [0.2, 0.25) is 0 Å². The summed E-state index contributed by atoms with van der Waals surface area (Å²) in [6, 6.07) is 14.3. The Morgan fingerprint density at radius 2 is 1.76 bits per heavy atom. The third-order valence-electron chi connectivity index (χ3n) is 2.19. The van der Waals surface area contributed by atoms with Gasteiger partial charge in [0.25, 0.3) is 5.69 Å². The second-order valence-corrected chi connectivity index (χ2v) is 4.68. The molecule has 0 atom stereocenters. The van der Waals surface area contributed by atoms with Gasteiger partial charge in [-0.05, 0) is 52.9 Å². The monoisotopic (exact) mass is 340 g/mol. The molecule has 0 aliphatic rings. The van der Waals surface area contributed by atoms with Crippen molar-refractivity contribution in [1.82, 2.24) is 0 Å². The maximum absolute atomic E-state index is 10.5. The van der Waals surface area contributed by atoms with Crippen LogP contribution in [-0.4, -0.2) is 4.92 Å². The predicted molar refractivity (Wildman–Crippen MR) is 75.5 cm³/mol. The number of hydrogen-bond donors (Lipinski definition) is 1. The predicted octanol–water partition coefficient (Wildman–Crippen LogP) is 3.94. The van der Waals surface area contributed by atoms with Crippen LogP contribution in [0.1, 0.15) is 0 Å². The lowest BCUT2D eigenvalue weighted by atomic mass is 10.2. The van der Waals surface area contributed by atoms with Crippen LogP contribution in [0.15, 0.2) is 48.5 Å². The van der Waals surface area contributed by atoms with Crippen LogP contribution in [0.4, 0.5) is 17.1 Å². The van der Waals surface area contributed by atoms with E-state index in [4.69, 9.17) is 0 Å². The van der Waals surface area contributed by atoms with E-state index in [1.165, 1.54) is 12.1 Å². The van der Waals surface area contributed by atoms with E-state index in [1.54, 1.807) is 12.1 Å². The smallest absolute Gasteiger partial charge is 0.269 e. The van der Waals surface area contributed by atoms with E-state index in [0.29, 0.717) is 0 Å². The molecule has 4 nitrogen and oxygen atoms in total. The minimum atomic E-state index is -0.408. The first-order valence-electron chi connectivity index (χ1n) is 4.92. The van der Waals surface area contributed by atoms with Gasteiger partial charge in [-0.25, -0.2) is 0 Å². The Balaban J connectivity index is 2.16. The van der Waals surface area contributed by atoms with E-state index in [-0.39, 0.29) is 5.69 Å². The van der Waals surface area contributed by atoms with E-state index in [9.17, 15) is 10.1 Å². The van der Waals surface area contributed by atoms with Crippen molar-refractivity contribution in [2.45, 2.75) is 0 Å². The summed E-state index contributed by atoms with van der Waals surface area (Å²) in [4.78, 5) is 10.1. The number of non-ortho nitro benzene ring substituents is 1. The Kier molecular flexibility index (Phi) is 3.58. The minimum absolute atomic E-state index is 0.0955. The number of benzene rings is 2. The second kappa shape index (κ2) is 5.13. The molecule has 0 heterocycles. The molecule has 2 aromatic rings. The highest BCUT2D eigenvalue weighted by Crippen LogP contribution is 2.21. The van der Waals surface area contributed by atoms with Crippen LogP contribution in [0.2, 0.25) is 0 Å². The van der Waals surface area contributed by atoms with Crippen LogP contribution in [-0.2, 0) is 0 Å². The Morgan fingerprint density at radius 1 is 1.06 bits per heavy atom. The fourth-order valence-corrected chi connectivity index (χ4v) is 1.94. The molecular formula is C12H9IN2O2. The summed E-state index contributed by atoms with van der Waals surface area (Å²) >= 11 is 2.23. The summed E-state index contributed by atoms with van der Waals surface area (Å²) in [6.45, 7) is 0. The van der Waals surface area contributed by atoms with E-state index in [1.807, 2.05) is 24.3 Å². The van der Waals surface area contributed by atoms with Gasteiger partial charge < -0.3 is 5.32 Å². The third kappa shape index (κ3) is 3.16. The SMILES string of the molecule is O=[N+]([O-])c1ccc(Nc2cccc(I)c2)cc1. The van der Waals surface area contributed by atoms with Crippen molar-refractivity contribution in [3.63, 3.8) is 0 Å². The standard InChI is InChI=1S/C12H9IN2O2/c13-9-2-1-3-11(8-9)14-10-4-6-12(7-5-10)15(16)17/h1-8,14H.